The average molecular weight is 193 g/mol. The second kappa shape index (κ2) is 4.57. The quantitative estimate of drug-likeness (QED) is 0.422. The van der Waals surface area contributed by atoms with E-state index < -0.39 is 0 Å². The predicted octanol–water partition coefficient (Wildman–Crippen LogP) is 1.24. The molecule has 13 heavy (non-hydrogen) atoms. The summed E-state index contributed by atoms with van der Waals surface area (Å²) in [5.74, 6) is 0. The van der Waals surface area contributed by atoms with Crippen LogP contribution in [0.2, 0.25) is 0 Å². The maximum Gasteiger partial charge on any atom is 0.184 e. The molecule has 0 saturated carbocycles. The molecule has 0 aliphatic rings. The summed E-state index contributed by atoms with van der Waals surface area (Å²) in [6, 6.07) is 9.81. The highest BCUT2D eigenvalue weighted by Gasteiger charge is 1.94. The Balaban J connectivity index is 2.73. The Morgan fingerprint density at radius 2 is 2.00 bits per heavy atom. The molecule has 0 bridgehead atoms. The van der Waals surface area contributed by atoms with Gasteiger partial charge in [0.15, 0.2) is 5.11 Å². The molecular formula is C9H11N3S. The fraction of sp³-hybridized carbons (Fsp3) is 0.111. The van der Waals surface area contributed by atoms with Gasteiger partial charge in [-0.1, -0.05) is 30.3 Å². The molecule has 0 unspecified atom stereocenters. The number of nitrogens with one attached hydrogen (secondary N) is 1. The van der Waals surface area contributed by atoms with Crippen LogP contribution >= 0.6 is 12.2 Å². The molecule has 0 spiro atoms. The third kappa shape index (κ3) is 3.21. The summed E-state index contributed by atoms with van der Waals surface area (Å²) in [4.78, 5) is 0. The van der Waals surface area contributed by atoms with Gasteiger partial charge in [0.05, 0.1) is 5.71 Å². The van der Waals surface area contributed by atoms with Crippen molar-refractivity contribution >= 4 is 23.0 Å². The molecule has 0 aliphatic carbocycles. The SMILES string of the molecule is C/C(=N\NC(N)=S)c1ccccc1. The van der Waals surface area contributed by atoms with Crippen LogP contribution in [-0.4, -0.2) is 10.8 Å². The zero-order chi connectivity index (χ0) is 9.68. The van der Waals surface area contributed by atoms with Crippen LogP contribution in [0.15, 0.2) is 35.4 Å². The molecule has 3 N–H and O–H groups in total. The zero-order valence-electron chi connectivity index (χ0n) is 7.32. The second-order valence-electron chi connectivity index (χ2n) is 2.54. The van der Waals surface area contributed by atoms with Gasteiger partial charge >= 0.3 is 0 Å². The minimum Gasteiger partial charge on any atom is -0.375 e. The van der Waals surface area contributed by atoms with Crippen molar-refractivity contribution in [2.24, 2.45) is 10.8 Å². The summed E-state index contributed by atoms with van der Waals surface area (Å²) in [7, 11) is 0. The smallest absolute Gasteiger partial charge is 0.184 e. The van der Waals surface area contributed by atoms with E-state index >= 15 is 0 Å². The Morgan fingerprint density at radius 3 is 2.54 bits per heavy atom. The highest BCUT2D eigenvalue weighted by Crippen LogP contribution is 1.99. The summed E-state index contributed by atoms with van der Waals surface area (Å²) < 4.78 is 0. The van der Waals surface area contributed by atoms with Gasteiger partial charge in [0, 0.05) is 0 Å². The molecular weight excluding hydrogens is 182 g/mol. The Labute approximate surface area is 82.6 Å². The molecule has 4 heteroatoms. The zero-order valence-corrected chi connectivity index (χ0v) is 8.14. The number of nitrogens with two attached hydrogens (primary N) is 1. The van der Waals surface area contributed by atoms with Gasteiger partial charge in [0.1, 0.15) is 0 Å². The van der Waals surface area contributed by atoms with Crippen LogP contribution < -0.4 is 11.2 Å². The Morgan fingerprint density at radius 1 is 1.38 bits per heavy atom. The molecule has 0 heterocycles. The molecule has 1 aromatic rings. The van der Waals surface area contributed by atoms with Crippen LogP contribution in [0.3, 0.4) is 0 Å². The molecule has 0 fully saturated rings. The molecule has 0 aliphatic heterocycles. The van der Waals surface area contributed by atoms with Crippen molar-refractivity contribution in [2.45, 2.75) is 6.92 Å². The maximum atomic E-state index is 5.23. The standard InChI is InChI=1S/C9H11N3S/c1-7(11-12-9(10)13)8-5-3-2-4-6-8/h2-6H,1H3,(H3,10,12,13)/b11-7+. The van der Waals surface area contributed by atoms with E-state index in [9.17, 15) is 0 Å². The average Bonchev–Trinajstić information content (AvgIpc) is 2.15. The van der Waals surface area contributed by atoms with Gasteiger partial charge in [-0.25, -0.2) is 0 Å². The lowest BCUT2D eigenvalue weighted by molar-refractivity contribution is 1.03. The van der Waals surface area contributed by atoms with E-state index in [1.54, 1.807) is 0 Å². The Bertz CT molecular complexity index is 319. The lowest BCUT2D eigenvalue weighted by Crippen LogP contribution is -2.25. The van der Waals surface area contributed by atoms with E-state index in [-0.39, 0.29) is 5.11 Å². The van der Waals surface area contributed by atoms with Crippen LogP contribution in [0.4, 0.5) is 0 Å². The molecule has 0 radical (unpaired) electrons. The van der Waals surface area contributed by atoms with Crippen LogP contribution in [0.25, 0.3) is 0 Å². The predicted molar refractivity (Wildman–Crippen MR) is 58.6 cm³/mol. The first kappa shape index (κ1) is 9.67. The molecule has 0 atom stereocenters. The van der Waals surface area contributed by atoms with E-state index in [1.807, 2.05) is 37.3 Å². The van der Waals surface area contributed by atoms with E-state index in [1.165, 1.54) is 0 Å². The summed E-state index contributed by atoms with van der Waals surface area (Å²) >= 11 is 4.62. The summed E-state index contributed by atoms with van der Waals surface area (Å²) in [5, 5.41) is 4.17. The molecule has 1 aromatic carbocycles. The summed E-state index contributed by atoms with van der Waals surface area (Å²) in [6.07, 6.45) is 0. The van der Waals surface area contributed by atoms with Crippen LogP contribution in [0, 0.1) is 0 Å². The van der Waals surface area contributed by atoms with Gasteiger partial charge in [0.2, 0.25) is 0 Å². The van der Waals surface area contributed by atoms with E-state index in [2.05, 4.69) is 22.7 Å². The first-order valence-corrected chi connectivity index (χ1v) is 4.26. The highest BCUT2D eigenvalue weighted by molar-refractivity contribution is 7.80. The molecule has 0 aromatic heterocycles. The number of hydrogen-bond donors (Lipinski definition) is 2. The van der Waals surface area contributed by atoms with E-state index in [0.29, 0.717) is 0 Å². The third-order valence-electron chi connectivity index (χ3n) is 1.53. The van der Waals surface area contributed by atoms with Crippen molar-refractivity contribution in [3.05, 3.63) is 35.9 Å². The van der Waals surface area contributed by atoms with Crippen molar-refractivity contribution in [1.29, 1.82) is 0 Å². The lowest BCUT2D eigenvalue weighted by atomic mass is 10.1. The van der Waals surface area contributed by atoms with Gasteiger partial charge in [0.25, 0.3) is 0 Å². The Hall–Kier alpha value is -1.42. The third-order valence-corrected chi connectivity index (χ3v) is 1.62. The molecule has 0 amide bonds. The Kier molecular flexibility index (Phi) is 3.40. The largest absolute Gasteiger partial charge is 0.375 e. The van der Waals surface area contributed by atoms with Gasteiger partial charge in [-0.05, 0) is 24.7 Å². The monoisotopic (exact) mass is 193 g/mol. The van der Waals surface area contributed by atoms with Gasteiger partial charge in [-0.2, -0.15) is 5.10 Å². The van der Waals surface area contributed by atoms with Crippen molar-refractivity contribution < 1.29 is 0 Å². The number of rotatable bonds is 2. The molecule has 3 nitrogen and oxygen atoms in total. The second-order valence-corrected chi connectivity index (χ2v) is 2.98. The number of hydrazone groups is 1. The molecule has 1 rings (SSSR count). The number of nitrogens with zero attached hydrogens (tertiary/aromatic N) is 1. The minimum atomic E-state index is 0.176. The number of thiocarbonyl (C=S) groups is 1. The van der Waals surface area contributed by atoms with Crippen molar-refractivity contribution in [3.63, 3.8) is 0 Å². The van der Waals surface area contributed by atoms with Crippen molar-refractivity contribution in [3.8, 4) is 0 Å². The molecule has 0 saturated heterocycles. The van der Waals surface area contributed by atoms with E-state index in [4.69, 9.17) is 5.73 Å². The van der Waals surface area contributed by atoms with Gasteiger partial charge < -0.3 is 5.73 Å². The summed E-state index contributed by atoms with van der Waals surface area (Å²) in [6.45, 7) is 1.89. The fourth-order valence-electron chi connectivity index (χ4n) is 0.883. The van der Waals surface area contributed by atoms with Crippen LogP contribution in [0.5, 0.6) is 0 Å². The highest BCUT2D eigenvalue weighted by atomic mass is 32.1. The fourth-order valence-corrected chi connectivity index (χ4v) is 0.928. The maximum absolute atomic E-state index is 5.23. The summed E-state index contributed by atoms with van der Waals surface area (Å²) in [5.41, 5.74) is 9.68. The first-order chi connectivity index (χ1) is 6.20. The normalized spacial score (nSPS) is 11.0. The number of hydrogen-bond acceptors (Lipinski definition) is 2. The molecule has 68 valence electrons. The number of benzene rings is 1. The van der Waals surface area contributed by atoms with E-state index in [0.717, 1.165) is 11.3 Å². The lowest BCUT2D eigenvalue weighted by Gasteiger charge is -2.00. The topological polar surface area (TPSA) is 50.4 Å². The van der Waals surface area contributed by atoms with Gasteiger partial charge in [-0.3, -0.25) is 5.43 Å². The first-order valence-electron chi connectivity index (χ1n) is 3.85. The van der Waals surface area contributed by atoms with Crippen LogP contribution in [0.1, 0.15) is 12.5 Å². The van der Waals surface area contributed by atoms with Gasteiger partial charge in [-0.15, -0.1) is 0 Å². The minimum absolute atomic E-state index is 0.176. The van der Waals surface area contributed by atoms with Crippen molar-refractivity contribution in [2.75, 3.05) is 0 Å². The van der Waals surface area contributed by atoms with Crippen molar-refractivity contribution in [1.82, 2.24) is 5.43 Å². The van der Waals surface area contributed by atoms with Crippen LogP contribution in [-0.2, 0) is 0 Å².